The van der Waals surface area contributed by atoms with Gasteiger partial charge in [-0.05, 0) is 42.6 Å². The summed E-state index contributed by atoms with van der Waals surface area (Å²) in [6, 6.07) is 0. The van der Waals surface area contributed by atoms with Crippen LogP contribution in [0.15, 0.2) is 12.2 Å². The second-order valence-electron chi connectivity index (χ2n) is 10.1. The summed E-state index contributed by atoms with van der Waals surface area (Å²) in [7, 11) is 0. The number of rotatable bonds is 0. The molecule has 6 heteroatoms. The number of ketones is 1. The molecule has 26 heavy (non-hydrogen) atoms. The highest BCUT2D eigenvalue weighted by molar-refractivity contribution is 6.05. The van der Waals surface area contributed by atoms with E-state index in [1.54, 1.807) is 0 Å². The Morgan fingerprint density at radius 2 is 1.92 bits per heavy atom. The number of hydrogen-bond donors (Lipinski definition) is 3. The zero-order chi connectivity index (χ0) is 18.4. The fourth-order valence-electron chi connectivity index (χ4n) is 8.38. The van der Waals surface area contributed by atoms with Gasteiger partial charge in [0.2, 0.25) is 5.79 Å². The summed E-state index contributed by atoms with van der Waals surface area (Å²) in [6.07, 6.45) is -0.473. The van der Waals surface area contributed by atoms with Crippen LogP contribution in [0, 0.1) is 34.0 Å². The summed E-state index contributed by atoms with van der Waals surface area (Å²) in [5, 5.41) is 34.3. The summed E-state index contributed by atoms with van der Waals surface area (Å²) in [6.45, 7) is 8.14. The maximum absolute atomic E-state index is 13.4. The molecule has 2 spiro atoms. The molecule has 4 aliphatic carbocycles. The molecular weight excluding hydrogens is 336 g/mol. The van der Waals surface area contributed by atoms with Crippen LogP contribution in [-0.4, -0.2) is 51.5 Å². The van der Waals surface area contributed by atoms with Crippen molar-refractivity contribution in [2.45, 2.75) is 69.9 Å². The second kappa shape index (κ2) is 4.13. The SMILES string of the molecule is C=C1C(=O)C23[C@@H]4OC5O[C@@]2(O)[C@@H](O)[C@@H]2C(C)(C)CCC(O)C52[C@H]3CC[C@@H]14. The lowest BCUT2D eigenvalue weighted by molar-refractivity contribution is -0.556. The number of ether oxygens (including phenoxy) is 2. The lowest BCUT2D eigenvalue weighted by Crippen LogP contribution is -2.91. The Hall–Kier alpha value is -0.790. The van der Waals surface area contributed by atoms with Gasteiger partial charge in [0.05, 0.1) is 17.6 Å². The minimum atomic E-state index is -1.97. The molecule has 4 heterocycles. The molecule has 0 radical (unpaired) electrons. The van der Waals surface area contributed by atoms with E-state index in [1.165, 1.54) is 0 Å². The highest BCUT2D eigenvalue weighted by atomic mass is 16.8. The first-order chi connectivity index (χ1) is 12.1. The molecule has 10 atom stereocenters. The molecule has 4 aliphatic heterocycles. The van der Waals surface area contributed by atoms with Gasteiger partial charge in [0.25, 0.3) is 0 Å². The Kier molecular flexibility index (Phi) is 2.57. The van der Waals surface area contributed by atoms with Crippen molar-refractivity contribution in [1.29, 1.82) is 0 Å². The third-order valence-electron chi connectivity index (χ3n) is 9.14. The van der Waals surface area contributed by atoms with Crippen molar-refractivity contribution < 1.29 is 29.6 Å². The zero-order valence-electron chi connectivity index (χ0n) is 15.1. The van der Waals surface area contributed by atoms with Crippen molar-refractivity contribution in [3.8, 4) is 0 Å². The van der Waals surface area contributed by atoms with E-state index in [-0.39, 0.29) is 23.0 Å². The van der Waals surface area contributed by atoms with Crippen molar-refractivity contribution in [3.63, 3.8) is 0 Å². The summed E-state index contributed by atoms with van der Waals surface area (Å²) in [5.41, 5.74) is -2.03. The van der Waals surface area contributed by atoms with Crippen LogP contribution in [-0.2, 0) is 14.3 Å². The van der Waals surface area contributed by atoms with Crippen LogP contribution in [0.2, 0.25) is 0 Å². The minimum Gasteiger partial charge on any atom is -0.392 e. The third kappa shape index (κ3) is 1.19. The van der Waals surface area contributed by atoms with E-state index in [4.69, 9.17) is 9.47 Å². The van der Waals surface area contributed by atoms with Crippen molar-refractivity contribution in [2.24, 2.45) is 34.0 Å². The van der Waals surface area contributed by atoms with Crippen LogP contribution in [0.1, 0.15) is 39.5 Å². The van der Waals surface area contributed by atoms with Gasteiger partial charge in [-0.25, -0.2) is 0 Å². The van der Waals surface area contributed by atoms with Crippen molar-refractivity contribution >= 4 is 5.78 Å². The lowest BCUT2D eigenvalue weighted by atomic mass is 9.34. The molecule has 4 saturated heterocycles. The predicted molar refractivity (Wildman–Crippen MR) is 88.4 cm³/mol. The maximum Gasteiger partial charge on any atom is 0.211 e. The number of aliphatic hydroxyl groups excluding tert-OH is 2. The standard InChI is InChI=1S/C20H26O6/c1-8-9-4-5-10-18-11(21)6-7-17(2,3)12(18)14(23)20(24)19(10,13(8)22)15(9)25-16(18)26-20/h9-12,14-16,21,23-24H,1,4-7H2,2-3H3/t9-,10+,11?,12+,14-,15+,16?,18?,19?,20-/m0/s1. The molecule has 4 saturated carbocycles. The summed E-state index contributed by atoms with van der Waals surface area (Å²) >= 11 is 0. The predicted octanol–water partition coefficient (Wildman–Crippen LogP) is 0.740. The number of carbonyl (C=O) groups excluding carboxylic acids is 1. The van der Waals surface area contributed by atoms with Crippen molar-refractivity contribution in [3.05, 3.63) is 12.2 Å². The highest BCUT2D eigenvalue weighted by Gasteiger charge is 2.92. The van der Waals surface area contributed by atoms with Crippen LogP contribution in [0.4, 0.5) is 0 Å². The Morgan fingerprint density at radius 1 is 1.19 bits per heavy atom. The number of Topliss-reactive ketones (excluding diaryl/α,β-unsaturated/α-hetero) is 1. The number of aliphatic hydroxyl groups is 3. The second-order valence-corrected chi connectivity index (χ2v) is 10.1. The van der Waals surface area contributed by atoms with Crippen LogP contribution in [0.3, 0.4) is 0 Å². The molecular formula is C20H26O6. The molecule has 3 N–H and O–H groups in total. The van der Waals surface area contributed by atoms with Crippen LogP contribution >= 0.6 is 0 Å². The van der Waals surface area contributed by atoms with Crippen molar-refractivity contribution in [1.82, 2.24) is 0 Å². The normalized spacial score (nSPS) is 64.0. The fraction of sp³-hybridized carbons (Fsp3) is 0.850. The zero-order valence-corrected chi connectivity index (χ0v) is 15.1. The monoisotopic (exact) mass is 362 g/mol. The summed E-state index contributed by atoms with van der Waals surface area (Å²) in [5.74, 6) is -2.99. The van der Waals surface area contributed by atoms with Crippen LogP contribution in [0.5, 0.6) is 0 Å². The summed E-state index contributed by atoms with van der Waals surface area (Å²) in [4.78, 5) is 13.4. The molecule has 142 valence electrons. The molecule has 8 rings (SSSR count). The Bertz CT molecular complexity index is 761. The van der Waals surface area contributed by atoms with Gasteiger partial charge in [-0.2, -0.15) is 0 Å². The van der Waals surface area contributed by atoms with Crippen molar-refractivity contribution in [2.75, 3.05) is 0 Å². The Balaban J connectivity index is 1.70. The van der Waals surface area contributed by atoms with Gasteiger partial charge < -0.3 is 24.8 Å². The molecule has 4 unspecified atom stereocenters. The molecule has 0 amide bonds. The largest absolute Gasteiger partial charge is 0.392 e. The number of hydrogen-bond acceptors (Lipinski definition) is 6. The third-order valence-corrected chi connectivity index (χ3v) is 9.14. The van der Waals surface area contributed by atoms with Gasteiger partial charge in [0.15, 0.2) is 12.1 Å². The van der Waals surface area contributed by atoms with Gasteiger partial charge >= 0.3 is 0 Å². The Labute approximate surface area is 152 Å². The van der Waals surface area contributed by atoms with E-state index >= 15 is 0 Å². The first kappa shape index (κ1) is 16.2. The highest BCUT2D eigenvalue weighted by Crippen LogP contribution is 2.81. The molecule has 0 aromatic carbocycles. The van der Waals surface area contributed by atoms with E-state index in [2.05, 4.69) is 20.4 Å². The first-order valence-corrected chi connectivity index (χ1v) is 9.80. The van der Waals surface area contributed by atoms with Gasteiger partial charge in [-0.15, -0.1) is 0 Å². The average Bonchev–Trinajstić information content (AvgIpc) is 2.71. The van der Waals surface area contributed by atoms with E-state index in [0.717, 1.165) is 12.8 Å². The van der Waals surface area contributed by atoms with E-state index < -0.39 is 47.1 Å². The van der Waals surface area contributed by atoms with Crippen LogP contribution in [0.25, 0.3) is 0 Å². The number of carbonyl (C=O) groups is 1. The van der Waals surface area contributed by atoms with Gasteiger partial charge in [-0.3, -0.25) is 4.79 Å². The van der Waals surface area contributed by atoms with Gasteiger partial charge in [0, 0.05) is 11.8 Å². The topological polar surface area (TPSA) is 96.2 Å². The lowest BCUT2D eigenvalue weighted by Gasteiger charge is -2.79. The molecule has 0 aromatic heterocycles. The smallest absolute Gasteiger partial charge is 0.211 e. The quantitative estimate of drug-likeness (QED) is 0.550. The van der Waals surface area contributed by atoms with Gasteiger partial charge in [-0.1, -0.05) is 20.4 Å². The van der Waals surface area contributed by atoms with Gasteiger partial charge in [0.1, 0.15) is 11.5 Å². The average molecular weight is 362 g/mol. The first-order valence-electron chi connectivity index (χ1n) is 9.80. The molecule has 8 fully saturated rings. The van der Waals surface area contributed by atoms with E-state index in [9.17, 15) is 20.1 Å². The van der Waals surface area contributed by atoms with Crippen LogP contribution < -0.4 is 0 Å². The molecule has 8 aliphatic rings. The maximum atomic E-state index is 13.4. The molecule has 0 aromatic rings. The van der Waals surface area contributed by atoms with E-state index in [1.807, 2.05) is 0 Å². The summed E-state index contributed by atoms with van der Waals surface area (Å²) < 4.78 is 12.3. The minimum absolute atomic E-state index is 0.133. The van der Waals surface area contributed by atoms with E-state index in [0.29, 0.717) is 18.4 Å². The molecule has 6 nitrogen and oxygen atoms in total. The fourth-order valence-corrected chi connectivity index (χ4v) is 8.38. The Morgan fingerprint density at radius 3 is 2.65 bits per heavy atom. The molecule has 7 bridgehead atoms.